The van der Waals surface area contributed by atoms with Gasteiger partial charge in [-0.2, -0.15) is 0 Å². The number of aryl methyl sites for hydroxylation is 2. The summed E-state index contributed by atoms with van der Waals surface area (Å²) in [5, 5.41) is 18.4. The van der Waals surface area contributed by atoms with E-state index in [2.05, 4.69) is 26.0 Å². The number of ether oxygens (including phenoxy) is 2. The van der Waals surface area contributed by atoms with Crippen LogP contribution in [0.2, 0.25) is 0 Å². The Bertz CT molecular complexity index is 640. The maximum absolute atomic E-state index is 9.19. The maximum Gasteiger partial charge on any atom is 0.122 e. The fourth-order valence-corrected chi connectivity index (χ4v) is 2.97. The molecule has 0 heterocycles. The molecule has 4 heteroatoms. The van der Waals surface area contributed by atoms with E-state index in [0.29, 0.717) is 0 Å². The van der Waals surface area contributed by atoms with Crippen LogP contribution < -0.4 is 9.47 Å². The molecule has 2 N–H and O–H groups in total. The van der Waals surface area contributed by atoms with Crippen molar-refractivity contribution in [1.29, 1.82) is 0 Å². The summed E-state index contributed by atoms with van der Waals surface area (Å²) in [6, 6.07) is 10.8. The highest BCUT2D eigenvalue weighted by Gasteiger charge is 2.01. The number of phenols is 2. The van der Waals surface area contributed by atoms with Crippen molar-refractivity contribution in [3.63, 3.8) is 0 Å². The Hall–Kier alpha value is -2.36. The summed E-state index contributed by atoms with van der Waals surface area (Å²) in [5.74, 6) is 2.04. The van der Waals surface area contributed by atoms with Crippen molar-refractivity contribution in [2.24, 2.45) is 0 Å². The van der Waals surface area contributed by atoms with E-state index in [0.717, 1.165) is 36.3 Å². The van der Waals surface area contributed by atoms with Crippen LogP contribution in [-0.4, -0.2) is 24.4 Å². The molecular weight excluding hydrogens is 352 g/mol. The van der Waals surface area contributed by atoms with Gasteiger partial charge in [-0.1, -0.05) is 39.5 Å². The molecule has 0 atom stereocenters. The number of unbranched alkanes of at least 4 members (excludes halogenated alkanes) is 4. The Morgan fingerprint density at radius 1 is 0.607 bits per heavy atom. The largest absolute Gasteiger partial charge is 0.508 e. The summed E-state index contributed by atoms with van der Waals surface area (Å²) in [5.41, 5.74) is 2.30. The van der Waals surface area contributed by atoms with Crippen molar-refractivity contribution in [2.75, 3.05) is 14.2 Å². The van der Waals surface area contributed by atoms with E-state index < -0.39 is 0 Å². The Kier molecular flexibility index (Phi) is 11.6. The Balaban J connectivity index is 0.000000283. The molecule has 0 saturated carbocycles. The monoisotopic (exact) mass is 388 g/mol. The lowest BCUT2D eigenvalue weighted by atomic mass is 10.1. The van der Waals surface area contributed by atoms with Gasteiger partial charge >= 0.3 is 0 Å². The normalized spacial score (nSPS) is 10.1. The fraction of sp³-hybridized carbons (Fsp3) is 0.500. The van der Waals surface area contributed by atoms with Gasteiger partial charge in [0.05, 0.1) is 14.2 Å². The van der Waals surface area contributed by atoms with Crippen molar-refractivity contribution in [3.8, 4) is 23.0 Å². The van der Waals surface area contributed by atoms with Crippen LogP contribution in [0.4, 0.5) is 0 Å². The first kappa shape index (κ1) is 23.7. The third kappa shape index (κ3) is 9.54. The molecule has 0 aliphatic rings. The molecule has 4 nitrogen and oxygen atoms in total. The van der Waals surface area contributed by atoms with Gasteiger partial charge in [-0.25, -0.2) is 0 Å². The van der Waals surface area contributed by atoms with Crippen LogP contribution in [0, 0.1) is 0 Å². The molecule has 0 unspecified atom stereocenters. The first-order chi connectivity index (χ1) is 13.5. The summed E-state index contributed by atoms with van der Waals surface area (Å²) in [4.78, 5) is 0. The van der Waals surface area contributed by atoms with Crippen molar-refractivity contribution in [2.45, 2.75) is 65.2 Å². The maximum atomic E-state index is 9.19. The summed E-state index contributed by atoms with van der Waals surface area (Å²) in [6.45, 7) is 4.37. The predicted molar refractivity (Wildman–Crippen MR) is 116 cm³/mol. The van der Waals surface area contributed by atoms with Gasteiger partial charge < -0.3 is 19.7 Å². The number of hydrogen-bond donors (Lipinski definition) is 2. The zero-order chi connectivity index (χ0) is 20.8. The second kappa shape index (κ2) is 13.8. The summed E-state index contributed by atoms with van der Waals surface area (Å²) >= 11 is 0. The molecule has 0 aromatic heterocycles. The first-order valence-electron chi connectivity index (χ1n) is 10.3. The average Bonchev–Trinajstić information content (AvgIpc) is 2.68. The van der Waals surface area contributed by atoms with Crippen LogP contribution in [0.25, 0.3) is 0 Å². The van der Waals surface area contributed by atoms with Crippen LogP contribution in [0.5, 0.6) is 23.0 Å². The first-order valence-corrected chi connectivity index (χ1v) is 10.3. The zero-order valence-electron chi connectivity index (χ0n) is 17.8. The highest BCUT2D eigenvalue weighted by molar-refractivity contribution is 5.38. The molecule has 0 bridgehead atoms. The van der Waals surface area contributed by atoms with E-state index in [-0.39, 0.29) is 11.5 Å². The molecule has 0 saturated heterocycles. The lowest BCUT2D eigenvalue weighted by Crippen LogP contribution is -1.91. The lowest BCUT2D eigenvalue weighted by Gasteiger charge is -2.08. The van der Waals surface area contributed by atoms with Crippen LogP contribution in [-0.2, 0) is 12.8 Å². The molecular formula is C24H36O4. The Labute approximate surface area is 170 Å². The quantitative estimate of drug-likeness (QED) is 0.471. The van der Waals surface area contributed by atoms with Gasteiger partial charge in [-0.3, -0.25) is 0 Å². The minimum Gasteiger partial charge on any atom is -0.508 e. The van der Waals surface area contributed by atoms with Crippen molar-refractivity contribution in [1.82, 2.24) is 0 Å². The molecule has 28 heavy (non-hydrogen) atoms. The molecule has 2 rings (SSSR count). The predicted octanol–water partition coefficient (Wildman–Crippen LogP) is 6.27. The fourth-order valence-electron chi connectivity index (χ4n) is 2.97. The zero-order valence-corrected chi connectivity index (χ0v) is 17.8. The highest BCUT2D eigenvalue weighted by atomic mass is 16.5. The third-order valence-electron chi connectivity index (χ3n) is 4.51. The van der Waals surface area contributed by atoms with Crippen LogP contribution in [0.3, 0.4) is 0 Å². The Morgan fingerprint density at radius 3 is 1.43 bits per heavy atom. The van der Waals surface area contributed by atoms with E-state index in [1.165, 1.54) is 43.7 Å². The van der Waals surface area contributed by atoms with E-state index in [1.807, 2.05) is 6.07 Å². The van der Waals surface area contributed by atoms with E-state index >= 15 is 0 Å². The van der Waals surface area contributed by atoms with Gasteiger partial charge in [0, 0.05) is 12.1 Å². The SMILES string of the molecule is CCCCCc1cc(O)cc(O)c1.CCCCCc1cc(OC)cc(OC)c1. The second-order valence-electron chi connectivity index (χ2n) is 6.99. The average molecular weight is 389 g/mol. The van der Waals surface area contributed by atoms with Crippen molar-refractivity contribution < 1.29 is 19.7 Å². The molecule has 0 radical (unpaired) electrons. The summed E-state index contributed by atoms with van der Waals surface area (Å²) < 4.78 is 10.4. The molecule has 0 fully saturated rings. The highest BCUT2D eigenvalue weighted by Crippen LogP contribution is 2.24. The van der Waals surface area contributed by atoms with Gasteiger partial charge in [-0.05, 0) is 61.1 Å². The van der Waals surface area contributed by atoms with E-state index in [9.17, 15) is 10.2 Å². The van der Waals surface area contributed by atoms with Crippen LogP contribution in [0.1, 0.15) is 63.5 Å². The second-order valence-corrected chi connectivity index (χ2v) is 6.99. The Morgan fingerprint density at radius 2 is 1.04 bits per heavy atom. The molecule has 2 aromatic rings. The number of phenolic OH excluding ortho intramolecular Hbond substituents is 2. The van der Waals surface area contributed by atoms with Gasteiger partial charge in [0.2, 0.25) is 0 Å². The topological polar surface area (TPSA) is 58.9 Å². The molecule has 0 amide bonds. The minimum absolute atomic E-state index is 0.145. The van der Waals surface area contributed by atoms with Crippen LogP contribution in [0.15, 0.2) is 36.4 Å². The lowest BCUT2D eigenvalue weighted by molar-refractivity contribution is 0.393. The van der Waals surface area contributed by atoms with E-state index in [4.69, 9.17) is 9.47 Å². The number of rotatable bonds is 10. The summed E-state index contributed by atoms with van der Waals surface area (Å²) in [7, 11) is 3.37. The van der Waals surface area contributed by atoms with Crippen LogP contribution >= 0.6 is 0 Å². The van der Waals surface area contributed by atoms with Crippen molar-refractivity contribution >= 4 is 0 Å². The standard InChI is InChI=1S/C13H20O2.C11H16O2/c1-4-5-6-7-11-8-12(14-2)10-13(9-11)15-3;1-2-3-4-5-9-6-10(12)8-11(13)7-9/h8-10H,4-7H2,1-3H3;6-8,12-13H,2-5H2,1H3. The van der Waals surface area contributed by atoms with Gasteiger partial charge in [0.1, 0.15) is 23.0 Å². The van der Waals surface area contributed by atoms with Gasteiger partial charge in [0.25, 0.3) is 0 Å². The van der Waals surface area contributed by atoms with Gasteiger partial charge in [-0.15, -0.1) is 0 Å². The minimum atomic E-state index is 0.145. The number of benzene rings is 2. The number of hydrogen-bond acceptors (Lipinski definition) is 4. The third-order valence-corrected chi connectivity index (χ3v) is 4.51. The number of aromatic hydroxyl groups is 2. The van der Waals surface area contributed by atoms with Crippen molar-refractivity contribution in [3.05, 3.63) is 47.5 Å². The molecule has 156 valence electrons. The molecule has 0 aliphatic heterocycles. The van der Waals surface area contributed by atoms with Gasteiger partial charge in [0.15, 0.2) is 0 Å². The summed E-state index contributed by atoms with van der Waals surface area (Å²) in [6.07, 6.45) is 9.27. The molecule has 0 aliphatic carbocycles. The smallest absolute Gasteiger partial charge is 0.122 e. The van der Waals surface area contributed by atoms with E-state index in [1.54, 1.807) is 26.4 Å². The molecule has 0 spiro atoms. The number of methoxy groups -OCH3 is 2. The molecule has 2 aromatic carbocycles.